The molecule has 0 spiro atoms. The first-order valence-corrected chi connectivity index (χ1v) is 5.93. The van der Waals surface area contributed by atoms with Crippen LogP contribution in [0.2, 0.25) is 5.02 Å². The van der Waals surface area contributed by atoms with Crippen LogP contribution in [0.5, 0.6) is 0 Å². The first-order chi connectivity index (χ1) is 8.35. The molecular weight excluding hydrogens is 259 g/mol. The van der Waals surface area contributed by atoms with Crippen LogP contribution in [-0.4, -0.2) is 41.1 Å². The molecule has 1 aliphatic rings. The fourth-order valence-electron chi connectivity index (χ4n) is 2.01. The maximum Gasteiger partial charge on any atom is 0.238 e. The van der Waals surface area contributed by atoms with E-state index in [1.165, 1.54) is 18.2 Å². The molecule has 2 N–H and O–H groups in total. The molecule has 0 atom stereocenters. The third kappa shape index (κ3) is 3.19. The highest BCUT2D eigenvalue weighted by Gasteiger charge is 2.37. The molecule has 1 heterocycles. The molecule has 6 heteroatoms. The summed E-state index contributed by atoms with van der Waals surface area (Å²) < 4.78 is 12.9. The maximum absolute atomic E-state index is 12.9. The molecule has 0 aromatic heterocycles. The molecule has 0 saturated carbocycles. The molecule has 0 unspecified atom stereocenters. The lowest BCUT2D eigenvalue weighted by atomic mass is 9.97. The number of nitrogens with one attached hydrogen (secondary N) is 1. The Bertz CT molecular complexity index is 471. The largest absolute Gasteiger partial charge is 0.388 e. The quantitative estimate of drug-likeness (QED) is 0.876. The molecule has 1 saturated heterocycles. The molecule has 0 radical (unpaired) electrons. The summed E-state index contributed by atoms with van der Waals surface area (Å²) in [7, 11) is 0. The average molecular weight is 273 g/mol. The van der Waals surface area contributed by atoms with Gasteiger partial charge in [0.15, 0.2) is 0 Å². The van der Waals surface area contributed by atoms with Crippen molar-refractivity contribution in [2.24, 2.45) is 0 Å². The molecule has 1 amide bonds. The van der Waals surface area contributed by atoms with Gasteiger partial charge in [0.05, 0.1) is 17.2 Å². The Labute approximate surface area is 109 Å². The van der Waals surface area contributed by atoms with Crippen LogP contribution in [0.4, 0.5) is 10.1 Å². The summed E-state index contributed by atoms with van der Waals surface area (Å²) in [6.45, 7) is 2.88. The van der Waals surface area contributed by atoms with Crippen molar-refractivity contribution >= 4 is 23.2 Å². The number of β-amino-alcohol motifs (C(OH)–C–C–N with tert-alkyl or cyclic N) is 1. The third-order valence-electron chi connectivity index (χ3n) is 2.70. The second kappa shape index (κ2) is 4.84. The minimum atomic E-state index is -0.695. The zero-order chi connectivity index (χ0) is 13.3. The van der Waals surface area contributed by atoms with Crippen molar-refractivity contribution in [3.63, 3.8) is 0 Å². The second-order valence-corrected chi connectivity index (χ2v) is 5.23. The van der Waals surface area contributed by atoms with Crippen LogP contribution in [0, 0.1) is 5.82 Å². The highest BCUT2D eigenvalue weighted by atomic mass is 35.5. The molecule has 18 heavy (non-hydrogen) atoms. The lowest BCUT2D eigenvalue weighted by Crippen LogP contribution is -2.61. The van der Waals surface area contributed by atoms with Crippen LogP contribution in [0.25, 0.3) is 0 Å². The highest BCUT2D eigenvalue weighted by molar-refractivity contribution is 6.31. The topological polar surface area (TPSA) is 52.6 Å². The highest BCUT2D eigenvalue weighted by Crippen LogP contribution is 2.21. The van der Waals surface area contributed by atoms with Gasteiger partial charge in [0, 0.05) is 18.8 Å². The first kappa shape index (κ1) is 13.3. The average Bonchev–Trinajstić information content (AvgIpc) is 2.21. The SMILES string of the molecule is CC1(O)CN(CC(=O)Nc2ccc(F)c(Cl)c2)C1. The Morgan fingerprint density at radius 3 is 2.83 bits per heavy atom. The van der Waals surface area contributed by atoms with E-state index in [-0.39, 0.29) is 17.5 Å². The fraction of sp³-hybridized carbons (Fsp3) is 0.417. The number of likely N-dealkylation sites (tertiary alicyclic amines) is 1. The van der Waals surface area contributed by atoms with Gasteiger partial charge in [-0.15, -0.1) is 0 Å². The van der Waals surface area contributed by atoms with Crippen LogP contribution in [0.15, 0.2) is 18.2 Å². The van der Waals surface area contributed by atoms with E-state index < -0.39 is 11.4 Å². The molecule has 1 fully saturated rings. The summed E-state index contributed by atoms with van der Waals surface area (Å²) in [5, 5.41) is 12.1. The summed E-state index contributed by atoms with van der Waals surface area (Å²) in [4.78, 5) is 13.5. The van der Waals surface area contributed by atoms with E-state index in [9.17, 15) is 14.3 Å². The van der Waals surface area contributed by atoms with Crippen molar-refractivity contribution in [1.29, 1.82) is 0 Å². The smallest absolute Gasteiger partial charge is 0.238 e. The van der Waals surface area contributed by atoms with Gasteiger partial charge in [-0.3, -0.25) is 9.69 Å². The lowest BCUT2D eigenvalue weighted by molar-refractivity contribution is -0.125. The van der Waals surface area contributed by atoms with E-state index >= 15 is 0 Å². The Kier molecular flexibility index (Phi) is 3.56. The van der Waals surface area contributed by atoms with E-state index in [4.69, 9.17) is 11.6 Å². The maximum atomic E-state index is 12.9. The number of carbonyl (C=O) groups excluding carboxylic acids is 1. The monoisotopic (exact) mass is 272 g/mol. The van der Waals surface area contributed by atoms with Crippen LogP contribution >= 0.6 is 11.6 Å². The molecular formula is C12H14ClFN2O2. The number of benzene rings is 1. The third-order valence-corrected chi connectivity index (χ3v) is 2.99. The predicted molar refractivity (Wildman–Crippen MR) is 67.1 cm³/mol. The van der Waals surface area contributed by atoms with Gasteiger partial charge in [0.1, 0.15) is 5.82 Å². The summed E-state index contributed by atoms with van der Waals surface area (Å²) in [5.41, 5.74) is -0.238. The van der Waals surface area contributed by atoms with Crippen molar-refractivity contribution in [3.05, 3.63) is 29.0 Å². The van der Waals surface area contributed by atoms with E-state index in [1.54, 1.807) is 6.92 Å². The number of anilines is 1. The molecule has 2 rings (SSSR count). The first-order valence-electron chi connectivity index (χ1n) is 5.55. The number of hydrogen-bond donors (Lipinski definition) is 2. The number of rotatable bonds is 3. The van der Waals surface area contributed by atoms with Crippen LogP contribution in [0.1, 0.15) is 6.92 Å². The second-order valence-electron chi connectivity index (χ2n) is 4.82. The number of hydrogen-bond acceptors (Lipinski definition) is 3. The normalized spacial score (nSPS) is 18.2. The molecule has 1 aromatic rings. The van der Waals surface area contributed by atoms with Crippen LogP contribution < -0.4 is 5.32 Å². The molecule has 1 aliphatic heterocycles. The fourth-order valence-corrected chi connectivity index (χ4v) is 2.19. The molecule has 1 aromatic carbocycles. The van der Waals surface area contributed by atoms with Gasteiger partial charge in [-0.2, -0.15) is 0 Å². The van der Waals surface area contributed by atoms with E-state index in [0.717, 1.165) is 0 Å². The van der Waals surface area contributed by atoms with Gasteiger partial charge in [0.2, 0.25) is 5.91 Å². The number of nitrogens with zero attached hydrogens (tertiary/aromatic N) is 1. The zero-order valence-corrected chi connectivity index (χ0v) is 10.7. The summed E-state index contributed by atoms with van der Waals surface area (Å²) in [6, 6.07) is 4.01. The summed E-state index contributed by atoms with van der Waals surface area (Å²) in [6.07, 6.45) is 0. The Morgan fingerprint density at radius 2 is 2.28 bits per heavy atom. The predicted octanol–water partition coefficient (Wildman–Crippen LogP) is 1.48. The van der Waals surface area contributed by atoms with E-state index in [0.29, 0.717) is 18.8 Å². The van der Waals surface area contributed by atoms with Crippen LogP contribution in [-0.2, 0) is 4.79 Å². The molecule has 0 bridgehead atoms. The Hall–Kier alpha value is -1.17. The number of carbonyl (C=O) groups is 1. The molecule has 0 aliphatic carbocycles. The van der Waals surface area contributed by atoms with Crippen molar-refractivity contribution in [1.82, 2.24) is 4.90 Å². The minimum absolute atomic E-state index is 0.0281. The molecule has 4 nitrogen and oxygen atoms in total. The van der Waals surface area contributed by atoms with Crippen molar-refractivity contribution in [3.8, 4) is 0 Å². The van der Waals surface area contributed by atoms with E-state index in [2.05, 4.69) is 5.32 Å². The number of halogens is 2. The Balaban J connectivity index is 1.86. The van der Waals surface area contributed by atoms with Gasteiger partial charge in [-0.1, -0.05) is 11.6 Å². The van der Waals surface area contributed by atoms with Gasteiger partial charge in [0.25, 0.3) is 0 Å². The van der Waals surface area contributed by atoms with Crippen LogP contribution in [0.3, 0.4) is 0 Å². The number of amides is 1. The van der Waals surface area contributed by atoms with Gasteiger partial charge in [-0.05, 0) is 25.1 Å². The van der Waals surface area contributed by atoms with Gasteiger partial charge < -0.3 is 10.4 Å². The lowest BCUT2D eigenvalue weighted by Gasteiger charge is -2.43. The van der Waals surface area contributed by atoms with E-state index in [1.807, 2.05) is 4.90 Å². The minimum Gasteiger partial charge on any atom is -0.388 e. The zero-order valence-electron chi connectivity index (χ0n) is 9.91. The summed E-state index contributed by atoms with van der Waals surface area (Å²) >= 11 is 5.61. The van der Waals surface area contributed by atoms with Crippen molar-refractivity contribution in [2.75, 3.05) is 25.0 Å². The summed E-state index contributed by atoms with van der Waals surface area (Å²) in [5.74, 6) is -0.735. The Morgan fingerprint density at radius 1 is 1.61 bits per heavy atom. The van der Waals surface area contributed by atoms with Crippen molar-refractivity contribution < 1.29 is 14.3 Å². The molecule has 98 valence electrons. The number of aliphatic hydroxyl groups is 1. The van der Waals surface area contributed by atoms with Gasteiger partial charge >= 0.3 is 0 Å². The van der Waals surface area contributed by atoms with Crippen molar-refractivity contribution in [2.45, 2.75) is 12.5 Å². The standard InChI is InChI=1S/C12H14ClFN2O2/c1-12(18)6-16(7-12)5-11(17)15-8-2-3-10(14)9(13)4-8/h2-4,18H,5-7H2,1H3,(H,15,17). The van der Waals surface area contributed by atoms with Gasteiger partial charge in [-0.25, -0.2) is 4.39 Å².